The second-order valence-electron chi connectivity index (χ2n) is 5.60. The van der Waals surface area contributed by atoms with Crippen molar-refractivity contribution in [2.24, 2.45) is 7.05 Å². The third-order valence-corrected chi connectivity index (χ3v) is 3.85. The van der Waals surface area contributed by atoms with Gasteiger partial charge in [-0.1, -0.05) is 6.92 Å². The molecule has 2 heterocycles. The van der Waals surface area contributed by atoms with Crippen molar-refractivity contribution in [2.75, 3.05) is 12.3 Å². The number of carbonyl (C=O) groups excluding carboxylic acids is 1. The Morgan fingerprint density at radius 3 is 2.71 bits per heavy atom. The van der Waals surface area contributed by atoms with E-state index in [0.29, 0.717) is 18.7 Å². The Hall–Kier alpha value is -2.61. The van der Waals surface area contributed by atoms with E-state index in [1.165, 1.54) is 11.6 Å². The number of carbonyl (C=O) groups is 1. The molecule has 1 atom stereocenters. The van der Waals surface area contributed by atoms with Gasteiger partial charge in [0.2, 0.25) is 0 Å². The number of aromatic nitrogens is 2. The maximum absolute atomic E-state index is 12.5. The van der Waals surface area contributed by atoms with Gasteiger partial charge in [-0.2, -0.15) is 0 Å². The number of nitrogens with one attached hydrogen (secondary N) is 1. The number of Topliss-reactive ketones (excluding diaryl/α,β-unsaturated/α-hetero) is 1. The number of furan rings is 1. The SMILES string of the molecule is CCCn1c(N)c(C(=O)CN[C@@H](C)c2ccco2)c(=O)n(C)c1=O. The summed E-state index contributed by atoms with van der Waals surface area (Å²) in [5.74, 6) is 0.137. The van der Waals surface area contributed by atoms with E-state index in [1.54, 1.807) is 18.4 Å². The molecule has 0 saturated heterocycles. The highest BCUT2D eigenvalue weighted by Gasteiger charge is 2.21. The lowest BCUT2D eigenvalue weighted by Gasteiger charge is -2.15. The molecule has 0 fully saturated rings. The number of nitrogens with two attached hydrogens (primary N) is 1. The molecule has 8 nitrogen and oxygen atoms in total. The molecule has 0 bridgehead atoms. The van der Waals surface area contributed by atoms with Crippen LogP contribution in [0.15, 0.2) is 32.4 Å². The fraction of sp³-hybridized carbons (Fsp3) is 0.438. The molecular formula is C16H22N4O4. The summed E-state index contributed by atoms with van der Waals surface area (Å²) in [6.45, 7) is 3.97. The molecule has 0 saturated carbocycles. The fourth-order valence-corrected chi connectivity index (χ4v) is 2.46. The Morgan fingerprint density at radius 2 is 2.12 bits per heavy atom. The number of hydrogen-bond donors (Lipinski definition) is 2. The molecule has 0 amide bonds. The first-order chi connectivity index (χ1) is 11.4. The lowest BCUT2D eigenvalue weighted by molar-refractivity contribution is 0.0985. The summed E-state index contributed by atoms with van der Waals surface area (Å²) >= 11 is 0. The van der Waals surface area contributed by atoms with Crippen LogP contribution in [0.1, 0.15) is 42.4 Å². The van der Waals surface area contributed by atoms with Gasteiger partial charge in [-0.15, -0.1) is 0 Å². The Labute approximate surface area is 138 Å². The van der Waals surface area contributed by atoms with Gasteiger partial charge in [-0.25, -0.2) is 4.79 Å². The molecule has 2 aromatic rings. The van der Waals surface area contributed by atoms with Gasteiger partial charge in [0.05, 0.1) is 18.8 Å². The van der Waals surface area contributed by atoms with Crippen LogP contribution in [-0.4, -0.2) is 21.5 Å². The van der Waals surface area contributed by atoms with Gasteiger partial charge < -0.3 is 15.5 Å². The van der Waals surface area contributed by atoms with Crippen molar-refractivity contribution < 1.29 is 9.21 Å². The van der Waals surface area contributed by atoms with E-state index in [9.17, 15) is 14.4 Å². The van der Waals surface area contributed by atoms with Crippen LogP contribution in [0.4, 0.5) is 5.82 Å². The van der Waals surface area contributed by atoms with Crippen LogP contribution in [0.2, 0.25) is 0 Å². The van der Waals surface area contributed by atoms with E-state index in [1.807, 2.05) is 13.8 Å². The molecule has 3 N–H and O–H groups in total. The summed E-state index contributed by atoms with van der Waals surface area (Å²) in [4.78, 5) is 36.9. The van der Waals surface area contributed by atoms with Gasteiger partial charge in [-0.05, 0) is 25.5 Å². The third kappa shape index (κ3) is 3.33. The van der Waals surface area contributed by atoms with Gasteiger partial charge >= 0.3 is 5.69 Å². The summed E-state index contributed by atoms with van der Waals surface area (Å²) in [6.07, 6.45) is 2.20. The van der Waals surface area contributed by atoms with Crippen molar-refractivity contribution in [3.63, 3.8) is 0 Å². The van der Waals surface area contributed by atoms with Crippen molar-refractivity contribution in [1.29, 1.82) is 0 Å². The lowest BCUT2D eigenvalue weighted by atomic mass is 10.1. The first kappa shape index (κ1) is 17.7. The molecule has 2 aromatic heterocycles. The van der Waals surface area contributed by atoms with Gasteiger partial charge in [0.15, 0.2) is 5.78 Å². The van der Waals surface area contributed by atoms with Crippen LogP contribution in [0.25, 0.3) is 0 Å². The number of rotatable bonds is 7. The molecule has 2 rings (SSSR count). The first-order valence-corrected chi connectivity index (χ1v) is 7.77. The molecule has 0 radical (unpaired) electrons. The van der Waals surface area contributed by atoms with E-state index < -0.39 is 17.0 Å². The van der Waals surface area contributed by atoms with Crippen LogP contribution in [-0.2, 0) is 13.6 Å². The van der Waals surface area contributed by atoms with E-state index in [0.717, 1.165) is 4.57 Å². The highest BCUT2D eigenvalue weighted by Crippen LogP contribution is 2.12. The summed E-state index contributed by atoms with van der Waals surface area (Å²) in [7, 11) is 1.34. The topological polar surface area (TPSA) is 112 Å². The molecule has 24 heavy (non-hydrogen) atoms. The zero-order valence-corrected chi connectivity index (χ0v) is 14.0. The van der Waals surface area contributed by atoms with E-state index in [2.05, 4.69) is 5.32 Å². The molecule has 0 spiro atoms. The summed E-state index contributed by atoms with van der Waals surface area (Å²) < 4.78 is 7.42. The quantitative estimate of drug-likeness (QED) is 0.720. The Balaban J connectivity index is 2.29. The van der Waals surface area contributed by atoms with E-state index in [4.69, 9.17) is 10.2 Å². The average molecular weight is 334 g/mol. The molecule has 0 aromatic carbocycles. The minimum Gasteiger partial charge on any atom is -0.468 e. The largest absolute Gasteiger partial charge is 0.468 e. The van der Waals surface area contributed by atoms with Crippen molar-refractivity contribution in [3.05, 3.63) is 50.6 Å². The van der Waals surface area contributed by atoms with Crippen molar-refractivity contribution in [1.82, 2.24) is 14.5 Å². The smallest absolute Gasteiger partial charge is 0.332 e. The summed E-state index contributed by atoms with van der Waals surface area (Å²) in [6, 6.07) is 3.34. The number of nitrogens with zero attached hydrogens (tertiary/aromatic N) is 2. The van der Waals surface area contributed by atoms with Gasteiger partial charge in [0, 0.05) is 13.6 Å². The Kier molecular flexibility index (Phi) is 5.40. The molecule has 0 aliphatic carbocycles. The first-order valence-electron chi connectivity index (χ1n) is 7.77. The zero-order chi connectivity index (χ0) is 17.9. The minimum absolute atomic E-state index is 0.0811. The monoisotopic (exact) mass is 334 g/mol. The Morgan fingerprint density at radius 1 is 1.42 bits per heavy atom. The average Bonchev–Trinajstić information content (AvgIpc) is 3.09. The van der Waals surface area contributed by atoms with Crippen LogP contribution >= 0.6 is 0 Å². The summed E-state index contributed by atoms with van der Waals surface area (Å²) in [5, 5.41) is 2.99. The predicted molar refractivity (Wildman–Crippen MR) is 90.1 cm³/mol. The molecule has 0 aliphatic rings. The normalized spacial score (nSPS) is 12.3. The molecule has 0 unspecified atom stereocenters. The third-order valence-electron chi connectivity index (χ3n) is 3.85. The molecule has 130 valence electrons. The van der Waals surface area contributed by atoms with Crippen LogP contribution in [0, 0.1) is 0 Å². The number of hydrogen-bond acceptors (Lipinski definition) is 6. The van der Waals surface area contributed by atoms with Crippen molar-refractivity contribution in [2.45, 2.75) is 32.9 Å². The second-order valence-corrected chi connectivity index (χ2v) is 5.60. The maximum Gasteiger partial charge on any atom is 0.332 e. The van der Waals surface area contributed by atoms with Crippen molar-refractivity contribution in [3.8, 4) is 0 Å². The van der Waals surface area contributed by atoms with Crippen molar-refractivity contribution >= 4 is 11.6 Å². The van der Waals surface area contributed by atoms with Crippen LogP contribution < -0.4 is 22.3 Å². The maximum atomic E-state index is 12.5. The number of ketones is 1. The molecule has 8 heteroatoms. The van der Waals surface area contributed by atoms with E-state index >= 15 is 0 Å². The minimum atomic E-state index is -0.678. The molecule has 0 aliphatic heterocycles. The van der Waals surface area contributed by atoms with Gasteiger partial charge in [-0.3, -0.25) is 18.7 Å². The summed E-state index contributed by atoms with van der Waals surface area (Å²) in [5.41, 5.74) is 4.56. The fourth-order valence-electron chi connectivity index (χ4n) is 2.46. The zero-order valence-electron chi connectivity index (χ0n) is 14.0. The Bertz CT molecular complexity index is 833. The van der Waals surface area contributed by atoms with E-state index in [-0.39, 0.29) is 24.0 Å². The predicted octanol–water partition coefficient (Wildman–Crippen LogP) is 0.666. The highest BCUT2D eigenvalue weighted by atomic mass is 16.3. The van der Waals surface area contributed by atoms with Crippen LogP contribution in [0.3, 0.4) is 0 Å². The number of anilines is 1. The van der Waals surface area contributed by atoms with Gasteiger partial charge in [0.1, 0.15) is 17.1 Å². The second kappa shape index (κ2) is 7.31. The van der Waals surface area contributed by atoms with Crippen LogP contribution in [0.5, 0.6) is 0 Å². The highest BCUT2D eigenvalue weighted by molar-refractivity contribution is 6.01. The standard InChI is InChI=1S/C16H22N4O4/c1-4-7-20-14(17)13(15(22)19(3)16(20)23)11(21)9-18-10(2)12-6-5-8-24-12/h5-6,8,10,18H,4,7,9,17H2,1-3H3/t10-/m0/s1. The van der Waals surface area contributed by atoms with Gasteiger partial charge in [0.25, 0.3) is 5.56 Å². The lowest BCUT2D eigenvalue weighted by Crippen LogP contribution is -2.43. The molecular weight excluding hydrogens is 312 g/mol. The number of nitrogen functional groups attached to an aromatic ring is 1.